The van der Waals surface area contributed by atoms with Crippen molar-refractivity contribution in [3.05, 3.63) is 53.7 Å². The monoisotopic (exact) mass is 442 g/mol. The normalized spacial score (nSPS) is 16.7. The molecule has 10 heteroatoms. The van der Waals surface area contributed by atoms with Crippen molar-refractivity contribution in [1.29, 1.82) is 0 Å². The Balaban J connectivity index is 1.60. The molecule has 0 radical (unpaired) electrons. The van der Waals surface area contributed by atoms with Crippen LogP contribution in [0.5, 0.6) is 0 Å². The molecule has 30 heavy (non-hydrogen) atoms. The van der Waals surface area contributed by atoms with Crippen molar-refractivity contribution < 1.29 is 31.5 Å². The summed E-state index contributed by atoms with van der Waals surface area (Å²) in [6.07, 6.45) is -2.21. The van der Waals surface area contributed by atoms with Gasteiger partial charge in [0.05, 0.1) is 17.1 Å². The number of hydrogen-bond acceptors (Lipinski definition) is 5. The molecule has 1 fully saturated rings. The van der Waals surface area contributed by atoms with E-state index in [4.69, 9.17) is 0 Å². The van der Waals surface area contributed by atoms with E-state index >= 15 is 0 Å². The molecular formula is C20H21F3N2O4S. The molecule has 0 spiro atoms. The van der Waals surface area contributed by atoms with Crippen LogP contribution >= 0.6 is 0 Å². The van der Waals surface area contributed by atoms with Crippen LogP contribution in [0.2, 0.25) is 0 Å². The molecule has 0 bridgehead atoms. The van der Waals surface area contributed by atoms with Crippen molar-refractivity contribution in [3.63, 3.8) is 0 Å². The van der Waals surface area contributed by atoms with E-state index < -0.39 is 33.1 Å². The number of nitrogens with zero attached hydrogens (tertiary/aromatic N) is 1. The highest BCUT2D eigenvalue weighted by atomic mass is 32.2. The van der Waals surface area contributed by atoms with Gasteiger partial charge in [0.2, 0.25) is 5.91 Å². The van der Waals surface area contributed by atoms with Crippen molar-refractivity contribution in [2.24, 2.45) is 5.92 Å². The Labute approximate surface area is 172 Å². The Hall–Kier alpha value is -2.46. The maximum absolute atomic E-state index is 12.9. The van der Waals surface area contributed by atoms with Gasteiger partial charge in [-0.25, -0.2) is 13.4 Å². The van der Waals surface area contributed by atoms with Gasteiger partial charge in [0.15, 0.2) is 15.4 Å². The lowest BCUT2D eigenvalue weighted by Gasteiger charge is -2.26. The van der Waals surface area contributed by atoms with Crippen LogP contribution < -0.4 is 5.32 Å². The van der Waals surface area contributed by atoms with Gasteiger partial charge in [-0.15, -0.1) is 0 Å². The SMILES string of the molecule is CC(O)(c1ccc(NC(=O)Cc2ccc(S(=O)(=O)CC3CC3)cc2)nc1)C(F)(F)F. The highest BCUT2D eigenvalue weighted by Gasteiger charge is 2.51. The van der Waals surface area contributed by atoms with E-state index in [1.807, 2.05) is 0 Å². The van der Waals surface area contributed by atoms with Gasteiger partial charge in [-0.05, 0) is 49.4 Å². The zero-order valence-corrected chi connectivity index (χ0v) is 16.9. The van der Waals surface area contributed by atoms with Crippen LogP contribution in [-0.2, 0) is 26.7 Å². The second kappa shape index (κ2) is 7.99. The van der Waals surface area contributed by atoms with Crippen molar-refractivity contribution in [1.82, 2.24) is 4.98 Å². The Morgan fingerprint density at radius 1 is 1.17 bits per heavy atom. The number of nitrogens with one attached hydrogen (secondary N) is 1. The summed E-state index contributed by atoms with van der Waals surface area (Å²) in [5, 5.41) is 12.1. The Morgan fingerprint density at radius 2 is 1.80 bits per heavy atom. The number of halogens is 3. The minimum atomic E-state index is -4.86. The number of hydrogen-bond donors (Lipinski definition) is 2. The third-order valence-corrected chi connectivity index (χ3v) is 6.84. The second-order valence-corrected chi connectivity index (χ2v) is 9.63. The van der Waals surface area contributed by atoms with Gasteiger partial charge in [-0.1, -0.05) is 18.2 Å². The van der Waals surface area contributed by atoms with Gasteiger partial charge >= 0.3 is 6.18 Å². The molecule has 6 nitrogen and oxygen atoms in total. The fraction of sp³-hybridized carbons (Fsp3) is 0.400. The smallest absolute Gasteiger partial charge is 0.376 e. The number of aromatic nitrogens is 1. The minimum Gasteiger partial charge on any atom is -0.376 e. The molecule has 0 saturated heterocycles. The van der Waals surface area contributed by atoms with Crippen molar-refractivity contribution in [2.75, 3.05) is 11.1 Å². The zero-order chi connectivity index (χ0) is 22.2. The van der Waals surface area contributed by atoms with Gasteiger partial charge in [-0.3, -0.25) is 4.79 Å². The molecule has 1 heterocycles. The average Bonchev–Trinajstić information content (AvgIpc) is 3.45. The third-order valence-electron chi connectivity index (χ3n) is 4.94. The van der Waals surface area contributed by atoms with Crippen molar-refractivity contribution >= 4 is 21.6 Å². The number of sulfone groups is 1. The van der Waals surface area contributed by atoms with E-state index in [1.165, 1.54) is 18.2 Å². The predicted octanol–water partition coefficient (Wildman–Crippen LogP) is 3.22. The number of pyridine rings is 1. The zero-order valence-electron chi connectivity index (χ0n) is 16.1. The van der Waals surface area contributed by atoms with Gasteiger partial charge < -0.3 is 10.4 Å². The van der Waals surface area contributed by atoms with E-state index in [9.17, 15) is 31.5 Å². The lowest BCUT2D eigenvalue weighted by atomic mass is 9.97. The molecule has 1 aliphatic rings. The van der Waals surface area contributed by atoms with Crippen LogP contribution in [0, 0.1) is 5.92 Å². The summed E-state index contributed by atoms with van der Waals surface area (Å²) in [5.41, 5.74) is -2.92. The quantitative estimate of drug-likeness (QED) is 0.687. The number of aliphatic hydroxyl groups is 1. The van der Waals surface area contributed by atoms with E-state index in [1.54, 1.807) is 12.1 Å². The van der Waals surface area contributed by atoms with Crippen LogP contribution in [0.3, 0.4) is 0 Å². The van der Waals surface area contributed by atoms with Gasteiger partial charge in [0, 0.05) is 11.8 Å². The van der Waals surface area contributed by atoms with Gasteiger partial charge in [-0.2, -0.15) is 13.2 Å². The molecule has 1 saturated carbocycles. The highest BCUT2D eigenvalue weighted by Crippen LogP contribution is 2.38. The molecule has 1 aromatic carbocycles. The van der Waals surface area contributed by atoms with Crippen LogP contribution in [0.15, 0.2) is 47.5 Å². The highest BCUT2D eigenvalue weighted by molar-refractivity contribution is 7.91. The number of amides is 1. The molecule has 3 rings (SSSR count). The van der Waals surface area contributed by atoms with E-state index in [-0.39, 0.29) is 28.8 Å². The van der Waals surface area contributed by atoms with Crippen molar-refractivity contribution in [2.45, 2.75) is 42.9 Å². The lowest BCUT2D eigenvalue weighted by molar-refractivity contribution is -0.259. The second-order valence-electron chi connectivity index (χ2n) is 7.60. The standard InChI is InChI=1S/C20H21F3N2O4S/c1-19(27,20(21,22)23)15-6-9-17(24-11-15)25-18(26)10-13-4-7-16(8-5-13)30(28,29)12-14-2-3-14/h4-9,11,14,27H,2-3,10,12H2,1H3,(H,24,25,26). The van der Waals surface area contributed by atoms with Gasteiger partial charge in [0.25, 0.3) is 0 Å². The Kier molecular flexibility index (Phi) is 5.92. The van der Waals surface area contributed by atoms with E-state index in [2.05, 4.69) is 10.3 Å². The molecule has 1 aromatic heterocycles. The summed E-state index contributed by atoms with van der Waals surface area (Å²) in [6, 6.07) is 8.24. The number of alkyl halides is 3. The first kappa shape index (κ1) is 22.2. The summed E-state index contributed by atoms with van der Waals surface area (Å²) in [5.74, 6) is -0.0636. The number of rotatable bonds is 7. The van der Waals surface area contributed by atoms with Crippen LogP contribution in [0.25, 0.3) is 0 Å². The Morgan fingerprint density at radius 3 is 2.30 bits per heavy atom. The molecule has 1 unspecified atom stereocenters. The van der Waals surface area contributed by atoms with Crippen LogP contribution in [0.4, 0.5) is 19.0 Å². The molecule has 162 valence electrons. The fourth-order valence-electron chi connectivity index (χ4n) is 2.80. The molecule has 1 atom stereocenters. The first-order valence-corrected chi connectivity index (χ1v) is 10.9. The summed E-state index contributed by atoms with van der Waals surface area (Å²) < 4.78 is 63.0. The molecule has 0 aliphatic heterocycles. The van der Waals surface area contributed by atoms with Crippen molar-refractivity contribution in [3.8, 4) is 0 Å². The first-order chi connectivity index (χ1) is 13.9. The van der Waals surface area contributed by atoms with Crippen LogP contribution in [-0.4, -0.2) is 36.3 Å². The third kappa shape index (κ3) is 5.17. The fourth-order valence-corrected chi connectivity index (χ4v) is 4.49. The number of carbonyl (C=O) groups is 1. The lowest BCUT2D eigenvalue weighted by Crippen LogP contribution is -2.39. The molecule has 1 amide bonds. The average molecular weight is 442 g/mol. The van der Waals surface area contributed by atoms with Crippen LogP contribution in [0.1, 0.15) is 30.9 Å². The maximum atomic E-state index is 12.9. The molecule has 2 aromatic rings. The summed E-state index contributed by atoms with van der Waals surface area (Å²) >= 11 is 0. The number of carbonyl (C=O) groups excluding carboxylic acids is 1. The topological polar surface area (TPSA) is 96.4 Å². The Bertz CT molecular complexity index is 1010. The first-order valence-electron chi connectivity index (χ1n) is 9.26. The molecule has 1 aliphatic carbocycles. The molecule has 2 N–H and O–H groups in total. The van der Waals surface area contributed by atoms with E-state index in [0.717, 1.165) is 25.1 Å². The largest absolute Gasteiger partial charge is 0.421 e. The summed E-state index contributed by atoms with van der Waals surface area (Å²) in [4.78, 5) is 16.1. The molecular weight excluding hydrogens is 421 g/mol. The predicted molar refractivity (Wildman–Crippen MR) is 103 cm³/mol. The minimum absolute atomic E-state index is 0.0327. The number of anilines is 1. The maximum Gasteiger partial charge on any atom is 0.421 e. The number of benzene rings is 1. The summed E-state index contributed by atoms with van der Waals surface area (Å²) in [6.45, 7) is 0.622. The van der Waals surface area contributed by atoms with E-state index in [0.29, 0.717) is 12.5 Å². The summed E-state index contributed by atoms with van der Waals surface area (Å²) in [7, 11) is -3.33. The van der Waals surface area contributed by atoms with Gasteiger partial charge in [0.1, 0.15) is 5.82 Å².